The molecule has 1 saturated heterocycles. The van der Waals surface area contributed by atoms with Crippen molar-refractivity contribution in [2.75, 3.05) is 13.1 Å². The average Bonchev–Trinajstić information content (AvgIpc) is 2.76. The van der Waals surface area contributed by atoms with Crippen molar-refractivity contribution in [2.45, 2.75) is 75.8 Å². The highest BCUT2D eigenvalue weighted by Gasteiger charge is 2.28. The summed E-state index contributed by atoms with van der Waals surface area (Å²) in [5.74, 6) is -0.525. The van der Waals surface area contributed by atoms with Crippen molar-refractivity contribution in [3.8, 4) is 0 Å². The van der Waals surface area contributed by atoms with Crippen LogP contribution in [0.1, 0.15) is 69.2 Å². The van der Waals surface area contributed by atoms with Gasteiger partial charge in [0.2, 0.25) is 10.0 Å². The Morgan fingerprint density at radius 3 is 2.30 bits per heavy atom. The summed E-state index contributed by atoms with van der Waals surface area (Å²) in [6.07, 6.45) is 6.17. The number of piperidine rings is 1. The lowest BCUT2D eigenvalue weighted by Gasteiger charge is -2.30. The van der Waals surface area contributed by atoms with Crippen molar-refractivity contribution in [1.29, 1.82) is 0 Å². The zero-order chi connectivity index (χ0) is 21.7. The summed E-state index contributed by atoms with van der Waals surface area (Å²) >= 11 is 0. The molecule has 1 N–H and O–H groups in total. The average molecular weight is 437 g/mol. The molecule has 0 aromatic heterocycles. The van der Waals surface area contributed by atoms with Crippen molar-refractivity contribution < 1.29 is 22.7 Å². The van der Waals surface area contributed by atoms with Gasteiger partial charge >= 0.3 is 5.97 Å². The Morgan fingerprint density at radius 1 is 1.03 bits per heavy atom. The number of hydrogen-bond acceptors (Lipinski definition) is 5. The number of rotatable bonds is 6. The fraction of sp³-hybridized carbons (Fsp3) is 0.636. The van der Waals surface area contributed by atoms with E-state index in [2.05, 4.69) is 12.2 Å². The fourth-order valence-corrected chi connectivity index (χ4v) is 5.65. The first-order valence-corrected chi connectivity index (χ1v) is 12.3. The van der Waals surface area contributed by atoms with Gasteiger partial charge in [0.1, 0.15) is 0 Å². The summed E-state index contributed by atoms with van der Waals surface area (Å²) < 4.78 is 32.2. The summed E-state index contributed by atoms with van der Waals surface area (Å²) in [7, 11) is -3.55. The Balaban J connectivity index is 1.58. The molecule has 166 valence electrons. The molecule has 1 heterocycles. The van der Waals surface area contributed by atoms with Gasteiger partial charge in [0.05, 0.1) is 10.5 Å². The summed E-state index contributed by atoms with van der Waals surface area (Å²) in [6, 6.07) is 5.84. The molecule has 1 aromatic rings. The molecule has 1 aromatic carbocycles. The van der Waals surface area contributed by atoms with E-state index in [1.54, 1.807) is 6.92 Å². The summed E-state index contributed by atoms with van der Waals surface area (Å²) in [5.41, 5.74) is 0.221. The minimum Gasteiger partial charge on any atom is -0.449 e. The molecule has 0 bridgehead atoms. The third-order valence-corrected chi connectivity index (χ3v) is 8.05. The summed E-state index contributed by atoms with van der Waals surface area (Å²) in [5, 5.41) is 2.99. The lowest BCUT2D eigenvalue weighted by molar-refractivity contribution is -0.130. The number of amides is 1. The molecule has 0 spiro atoms. The van der Waals surface area contributed by atoms with E-state index in [-0.39, 0.29) is 22.4 Å². The molecule has 30 heavy (non-hydrogen) atoms. The summed E-state index contributed by atoms with van der Waals surface area (Å²) in [4.78, 5) is 25.0. The van der Waals surface area contributed by atoms with Crippen LogP contribution in [-0.4, -0.2) is 49.8 Å². The van der Waals surface area contributed by atoms with E-state index in [1.165, 1.54) is 35.0 Å². The van der Waals surface area contributed by atoms with Crippen LogP contribution in [0.3, 0.4) is 0 Å². The van der Waals surface area contributed by atoms with Gasteiger partial charge in [0.15, 0.2) is 6.10 Å². The van der Waals surface area contributed by atoms with Gasteiger partial charge in [-0.15, -0.1) is 0 Å². The second kappa shape index (κ2) is 9.92. The van der Waals surface area contributed by atoms with Crippen LogP contribution in [-0.2, 0) is 19.6 Å². The lowest BCUT2D eigenvalue weighted by Crippen LogP contribution is -2.45. The predicted octanol–water partition coefficient (Wildman–Crippen LogP) is 3.10. The van der Waals surface area contributed by atoms with Crippen LogP contribution in [0.25, 0.3) is 0 Å². The lowest BCUT2D eigenvalue weighted by atomic mass is 9.86. The van der Waals surface area contributed by atoms with Gasteiger partial charge in [-0.1, -0.05) is 26.2 Å². The maximum Gasteiger partial charge on any atom is 0.338 e. The van der Waals surface area contributed by atoms with Gasteiger partial charge in [-0.3, -0.25) is 4.79 Å². The molecular formula is C22H32N2O5S. The van der Waals surface area contributed by atoms with Crippen molar-refractivity contribution in [3.05, 3.63) is 29.8 Å². The van der Waals surface area contributed by atoms with Crippen LogP contribution in [0.15, 0.2) is 29.2 Å². The van der Waals surface area contributed by atoms with Gasteiger partial charge in [0.25, 0.3) is 5.91 Å². The van der Waals surface area contributed by atoms with Gasteiger partial charge in [-0.2, -0.15) is 4.31 Å². The second-order valence-corrected chi connectivity index (χ2v) is 10.4. The monoisotopic (exact) mass is 436 g/mol. The van der Waals surface area contributed by atoms with E-state index in [0.29, 0.717) is 19.0 Å². The van der Waals surface area contributed by atoms with E-state index in [1.807, 2.05) is 0 Å². The van der Waals surface area contributed by atoms with Gasteiger partial charge in [-0.05, 0) is 62.8 Å². The molecule has 3 rings (SSSR count). The molecule has 3 atom stereocenters. The maximum absolute atomic E-state index is 12.7. The molecule has 2 fully saturated rings. The Morgan fingerprint density at radius 2 is 1.67 bits per heavy atom. The first kappa shape index (κ1) is 22.7. The predicted molar refractivity (Wildman–Crippen MR) is 113 cm³/mol. The first-order chi connectivity index (χ1) is 14.3. The van der Waals surface area contributed by atoms with E-state index in [4.69, 9.17) is 4.74 Å². The third-order valence-electron chi connectivity index (χ3n) is 6.14. The zero-order valence-corrected chi connectivity index (χ0v) is 18.6. The Kier molecular flexibility index (Phi) is 7.52. The third kappa shape index (κ3) is 5.40. The number of sulfonamides is 1. The van der Waals surface area contributed by atoms with Crippen LogP contribution in [0, 0.1) is 5.92 Å². The molecule has 7 nitrogen and oxygen atoms in total. The number of esters is 1. The van der Waals surface area contributed by atoms with Crippen molar-refractivity contribution >= 4 is 21.9 Å². The van der Waals surface area contributed by atoms with Crippen molar-refractivity contribution in [2.24, 2.45) is 5.92 Å². The Labute approximate surface area is 179 Å². The highest BCUT2D eigenvalue weighted by Crippen LogP contribution is 2.24. The largest absolute Gasteiger partial charge is 0.449 e. The maximum atomic E-state index is 12.7. The number of nitrogens with zero attached hydrogens (tertiary/aromatic N) is 1. The van der Waals surface area contributed by atoms with Crippen molar-refractivity contribution in [1.82, 2.24) is 9.62 Å². The number of carbonyl (C=O) groups excluding carboxylic acids is 2. The van der Waals surface area contributed by atoms with Gasteiger partial charge < -0.3 is 10.1 Å². The fourth-order valence-electron chi connectivity index (χ4n) is 4.13. The van der Waals surface area contributed by atoms with Crippen LogP contribution in [0.5, 0.6) is 0 Å². The van der Waals surface area contributed by atoms with Crippen LogP contribution in [0.2, 0.25) is 0 Å². The first-order valence-electron chi connectivity index (χ1n) is 10.9. The highest BCUT2D eigenvalue weighted by molar-refractivity contribution is 7.89. The summed E-state index contributed by atoms with van der Waals surface area (Å²) in [6.45, 7) is 4.73. The number of hydrogen-bond donors (Lipinski definition) is 1. The quantitative estimate of drug-likeness (QED) is 0.692. The minimum absolute atomic E-state index is 0.117. The Hall–Kier alpha value is -1.93. The molecule has 1 amide bonds. The molecular weight excluding hydrogens is 404 g/mol. The van der Waals surface area contributed by atoms with E-state index in [9.17, 15) is 18.0 Å². The molecule has 1 saturated carbocycles. The smallest absolute Gasteiger partial charge is 0.338 e. The van der Waals surface area contributed by atoms with Gasteiger partial charge in [-0.25, -0.2) is 13.2 Å². The molecule has 2 aliphatic rings. The van der Waals surface area contributed by atoms with Crippen LogP contribution in [0.4, 0.5) is 0 Å². The van der Waals surface area contributed by atoms with Crippen LogP contribution < -0.4 is 5.32 Å². The number of ether oxygens (including phenoxy) is 1. The van der Waals surface area contributed by atoms with Crippen molar-refractivity contribution in [3.63, 3.8) is 0 Å². The van der Waals surface area contributed by atoms with E-state index in [0.717, 1.165) is 38.5 Å². The highest BCUT2D eigenvalue weighted by atomic mass is 32.2. The molecule has 0 unspecified atom stereocenters. The number of nitrogens with one attached hydrogen (secondary N) is 1. The van der Waals surface area contributed by atoms with Crippen LogP contribution >= 0.6 is 0 Å². The molecule has 1 aliphatic heterocycles. The minimum atomic E-state index is -3.55. The topological polar surface area (TPSA) is 92.8 Å². The molecule has 0 radical (unpaired) electrons. The number of benzene rings is 1. The van der Waals surface area contributed by atoms with Gasteiger partial charge in [0, 0.05) is 19.1 Å². The Bertz CT molecular complexity index is 847. The molecule has 8 heteroatoms. The standard InChI is InChI=1S/C22H32N2O5S/c1-16-8-4-5-9-20(16)23-21(25)17(2)29-22(26)18-10-12-19(13-11-18)30(27,28)24-14-6-3-7-15-24/h10-13,16-17,20H,3-9,14-15H2,1-2H3,(H,23,25)/t16-,17+,20-/m1/s1. The number of carbonyl (C=O) groups is 2. The van der Waals surface area contributed by atoms with E-state index < -0.39 is 22.1 Å². The zero-order valence-electron chi connectivity index (χ0n) is 17.8. The second-order valence-electron chi connectivity index (χ2n) is 8.41. The molecule has 1 aliphatic carbocycles. The SMILES string of the molecule is C[C@H](OC(=O)c1ccc(S(=O)(=O)N2CCCCC2)cc1)C(=O)N[C@@H]1CCCC[C@H]1C. The normalized spacial score (nSPS) is 24.1. The van der Waals surface area contributed by atoms with E-state index >= 15 is 0 Å².